The molecule has 0 radical (unpaired) electrons. The minimum absolute atomic E-state index is 0.295. The monoisotopic (exact) mass is 351 g/mol. The molecule has 3 aromatic rings. The number of hydrogen-bond donors (Lipinski definition) is 2. The summed E-state index contributed by atoms with van der Waals surface area (Å²) in [5.74, 6) is -0.434. The van der Waals surface area contributed by atoms with Gasteiger partial charge in [0, 0.05) is 24.2 Å². The lowest BCUT2D eigenvalue weighted by Gasteiger charge is -2.32. The second-order valence-corrected chi connectivity index (χ2v) is 6.22. The van der Waals surface area contributed by atoms with Gasteiger partial charge in [0.25, 0.3) is 5.91 Å². The fourth-order valence-electron chi connectivity index (χ4n) is 3.38. The maximum absolute atomic E-state index is 13.2. The molecule has 2 N–H and O–H groups in total. The number of furan rings is 1. The zero-order valence-corrected chi connectivity index (χ0v) is 14.1. The van der Waals surface area contributed by atoms with E-state index in [4.69, 9.17) is 4.42 Å². The van der Waals surface area contributed by atoms with Crippen LogP contribution in [0.4, 0.5) is 0 Å². The first kappa shape index (κ1) is 16.1. The maximum Gasteiger partial charge on any atom is 0.332 e. The number of hydrogen-bond acceptors (Lipinski definition) is 4. The number of fused-ring (bicyclic) bond motifs is 1. The van der Waals surface area contributed by atoms with Crippen LogP contribution in [0.1, 0.15) is 33.5 Å². The molecule has 7 heteroatoms. The Morgan fingerprint density at radius 2 is 2.08 bits per heavy atom. The van der Waals surface area contributed by atoms with Gasteiger partial charge in [0.1, 0.15) is 11.5 Å². The van der Waals surface area contributed by atoms with Crippen molar-refractivity contribution in [2.24, 2.45) is 0 Å². The molecule has 2 aromatic heterocycles. The van der Waals surface area contributed by atoms with Crippen molar-refractivity contribution in [3.05, 3.63) is 65.4 Å². The van der Waals surface area contributed by atoms with Crippen molar-refractivity contribution in [1.29, 1.82) is 0 Å². The van der Waals surface area contributed by atoms with Crippen molar-refractivity contribution in [2.75, 3.05) is 6.54 Å². The van der Waals surface area contributed by atoms with Gasteiger partial charge in [-0.25, -0.2) is 9.78 Å². The maximum atomic E-state index is 13.2. The number of aryl methyl sites for hydroxylation is 1. The minimum Gasteiger partial charge on any atom is -0.479 e. The smallest absolute Gasteiger partial charge is 0.332 e. The standard InChI is InChI=1S/C19H17N3O4/c1-11-9-13(17(26-11)12-5-3-2-4-6-12)18(23)22-8-7-14-15(21-10-20-14)16(22)19(24)25/h2-6,9-10,16H,7-8H2,1H3,(H,20,21)(H,24,25)/t16-/m1/s1. The number of nitrogens with zero attached hydrogens (tertiary/aromatic N) is 2. The van der Waals surface area contributed by atoms with Gasteiger partial charge in [-0.15, -0.1) is 0 Å². The fraction of sp³-hybridized carbons (Fsp3) is 0.211. The van der Waals surface area contributed by atoms with Crippen LogP contribution in [-0.4, -0.2) is 38.4 Å². The van der Waals surface area contributed by atoms with Gasteiger partial charge in [-0.3, -0.25) is 4.79 Å². The molecule has 0 bridgehead atoms. The molecule has 0 aliphatic carbocycles. The quantitative estimate of drug-likeness (QED) is 0.756. The summed E-state index contributed by atoms with van der Waals surface area (Å²) < 4.78 is 5.75. The summed E-state index contributed by atoms with van der Waals surface area (Å²) in [6.07, 6.45) is 1.99. The zero-order chi connectivity index (χ0) is 18.3. The molecule has 1 aliphatic rings. The number of aromatic amines is 1. The van der Waals surface area contributed by atoms with E-state index in [0.717, 1.165) is 11.3 Å². The number of carbonyl (C=O) groups excluding carboxylic acids is 1. The SMILES string of the molecule is Cc1cc(C(=O)N2CCc3[nH]cnc3[C@@H]2C(=O)O)c(-c2ccccc2)o1. The van der Waals surface area contributed by atoms with Crippen molar-refractivity contribution in [1.82, 2.24) is 14.9 Å². The van der Waals surface area contributed by atoms with E-state index in [1.807, 2.05) is 30.3 Å². The van der Waals surface area contributed by atoms with Gasteiger partial charge >= 0.3 is 5.97 Å². The summed E-state index contributed by atoms with van der Waals surface area (Å²) in [5.41, 5.74) is 2.28. The van der Waals surface area contributed by atoms with Crippen LogP contribution in [0.25, 0.3) is 11.3 Å². The van der Waals surface area contributed by atoms with Crippen LogP contribution in [0.5, 0.6) is 0 Å². The molecule has 132 valence electrons. The molecule has 26 heavy (non-hydrogen) atoms. The second-order valence-electron chi connectivity index (χ2n) is 6.22. The van der Waals surface area contributed by atoms with Gasteiger partial charge in [-0.2, -0.15) is 0 Å². The number of aromatic nitrogens is 2. The molecule has 1 atom stereocenters. The number of nitrogens with one attached hydrogen (secondary N) is 1. The average Bonchev–Trinajstić information content (AvgIpc) is 3.27. The first-order valence-corrected chi connectivity index (χ1v) is 8.28. The molecule has 0 saturated heterocycles. The largest absolute Gasteiger partial charge is 0.479 e. The predicted molar refractivity (Wildman–Crippen MR) is 92.6 cm³/mol. The van der Waals surface area contributed by atoms with Crippen molar-refractivity contribution in [3.63, 3.8) is 0 Å². The lowest BCUT2D eigenvalue weighted by Crippen LogP contribution is -2.43. The van der Waals surface area contributed by atoms with Crippen LogP contribution in [0.2, 0.25) is 0 Å². The number of H-pyrrole nitrogens is 1. The fourth-order valence-corrected chi connectivity index (χ4v) is 3.38. The van der Waals surface area contributed by atoms with Crippen molar-refractivity contribution >= 4 is 11.9 Å². The molecule has 3 heterocycles. The van der Waals surface area contributed by atoms with Crippen molar-refractivity contribution < 1.29 is 19.1 Å². The van der Waals surface area contributed by atoms with E-state index in [2.05, 4.69) is 9.97 Å². The number of aliphatic carboxylic acids is 1. The molecule has 1 aliphatic heterocycles. The van der Waals surface area contributed by atoms with Crippen LogP contribution < -0.4 is 0 Å². The highest BCUT2D eigenvalue weighted by Crippen LogP contribution is 2.33. The molecule has 7 nitrogen and oxygen atoms in total. The van der Waals surface area contributed by atoms with E-state index in [0.29, 0.717) is 35.7 Å². The van der Waals surface area contributed by atoms with Gasteiger partial charge in [-0.05, 0) is 13.0 Å². The number of imidazole rings is 1. The number of benzene rings is 1. The van der Waals surface area contributed by atoms with Crippen molar-refractivity contribution in [3.8, 4) is 11.3 Å². The van der Waals surface area contributed by atoms with E-state index in [1.54, 1.807) is 13.0 Å². The minimum atomic E-state index is -1.11. The van der Waals surface area contributed by atoms with Crippen LogP contribution in [0, 0.1) is 6.92 Å². The Bertz CT molecular complexity index is 974. The Labute approximate surface area is 149 Å². The van der Waals surface area contributed by atoms with Crippen LogP contribution in [0.15, 0.2) is 47.1 Å². The topological polar surface area (TPSA) is 99.4 Å². The third kappa shape index (κ3) is 2.57. The molecular weight excluding hydrogens is 334 g/mol. The van der Waals surface area contributed by atoms with E-state index in [-0.39, 0.29) is 5.91 Å². The van der Waals surface area contributed by atoms with E-state index in [9.17, 15) is 14.7 Å². The van der Waals surface area contributed by atoms with E-state index < -0.39 is 12.0 Å². The van der Waals surface area contributed by atoms with Gasteiger partial charge < -0.3 is 19.4 Å². The summed E-state index contributed by atoms with van der Waals surface area (Å²) in [7, 11) is 0. The summed E-state index contributed by atoms with van der Waals surface area (Å²) in [6, 6.07) is 9.85. The first-order chi connectivity index (χ1) is 12.6. The average molecular weight is 351 g/mol. The number of carboxylic acid groups (broad SMARTS) is 1. The zero-order valence-electron chi connectivity index (χ0n) is 14.1. The molecule has 0 spiro atoms. The number of carboxylic acids is 1. The highest BCUT2D eigenvalue weighted by Gasteiger charge is 2.39. The first-order valence-electron chi connectivity index (χ1n) is 8.28. The lowest BCUT2D eigenvalue weighted by atomic mass is 10.0. The summed E-state index contributed by atoms with van der Waals surface area (Å²) >= 11 is 0. The number of carbonyl (C=O) groups is 2. The van der Waals surface area contributed by atoms with Gasteiger partial charge in [0.15, 0.2) is 6.04 Å². The molecule has 0 fully saturated rings. The Kier molecular flexibility index (Phi) is 3.84. The molecular formula is C19H17N3O4. The summed E-state index contributed by atoms with van der Waals surface area (Å²) in [6.45, 7) is 2.06. The highest BCUT2D eigenvalue weighted by molar-refractivity contribution is 6.01. The van der Waals surface area contributed by atoms with Gasteiger partial charge in [0.05, 0.1) is 17.6 Å². The van der Waals surface area contributed by atoms with E-state index >= 15 is 0 Å². The highest BCUT2D eigenvalue weighted by atomic mass is 16.4. The Morgan fingerprint density at radius 1 is 1.31 bits per heavy atom. The predicted octanol–water partition coefficient (Wildman–Crippen LogP) is 2.80. The molecule has 1 aromatic carbocycles. The summed E-state index contributed by atoms with van der Waals surface area (Å²) in [4.78, 5) is 33.5. The lowest BCUT2D eigenvalue weighted by molar-refractivity contribution is -0.143. The van der Waals surface area contributed by atoms with E-state index in [1.165, 1.54) is 11.2 Å². The van der Waals surface area contributed by atoms with Crippen LogP contribution in [0.3, 0.4) is 0 Å². The third-order valence-electron chi connectivity index (χ3n) is 4.54. The van der Waals surface area contributed by atoms with Crippen LogP contribution >= 0.6 is 0 Å². The summed E-state index contributed by atoms with van der Waals surface area (Å²) in [5, 5.41) is 9.69. The normalized spacial score (nSPS) is 16.3. The molecule has 0 unspecified atom stereocenters. The molecule has 1 amide bonds. The van der Waals surface area contributed by atoms with Gasteiger partial charge in [-0.1, -0.05) is 30.3 Å². The second kappa shape index (κ2) is 6.18. The Morgan fingerprint density at radius 3 is 2.81 bits per heavy atom. The number of rotatable bonds is 3. The van der Waals surface area contributed by atoms with Gasteiger partial charge in [0.2, 0.25) is 0 Å². The van der Waals surface area contributed by atoms with Crippen LogP contribution in [-0.2, 0) is 11.2 Å². The third-order valence-corrected chi connectivity index (χ3v) is 4.54. The Balaban J connectivity index is 1.76. The molecule has 4 rings (SSSR count). The molecule has 0 saturated carbocycles. The Hall–Kier alpha value is -3.35. The van der Waals surface area contributed by atoms with Crippen molar-refractivity contribution in [2.45, 2.75) is 19.4 Å². The number of amides is 1.